The zero-order valence-corrected chi connectivity index (χ0v) is 9.70. The summed E-state index contributed by atoms with van der Waals surface area (Å²) in [7, 11) is 0. The molecule has 2 rings (SSSR count). The van der Waals surface area contributed by atoms with E-state index < -0.39 is 11.9 Å². The van der Waals surface area contributed by atoms with Crippen molar-refractivity contribution in [3.05, 3.63) is 53.6 Å². The second-order valence-electron chi connectivity index (χ2n) is 3.92. The van der Waals surface area contributed by atoms with E-state index in [0.29, 0.717) is 11.1 Å². The molecule has 0 bridgehead atoms. The number of carbonyl (C=O) groups is 2. The second-order valence-corrected chi connectivity index (χ2v) is 3.92. The minimum Gasteiger partial charge on any atom is -0.507 e. The van der Waals surface area contributed by atoms with E-state index in [4.69, 9.17) is 10.2 Å². The van der Waals surface area contributed by atoms with Crippen LogP contribution in [0.1, 0.15) is 20.7 Å². The van der Waals surface area contributed by atoms with Crippen molar-refractivity contribution in [1.29, 1.82) is 0 Å². The SMILES string of the molecule is O=C(O)c1ccc(-c2ccc(C(=O)O)c(O)c2)cc1. The van der Waals surface area contributed by atoms with Crippen LogP contribution in [-0.4, -0.2) is 27.3 Å². The minimum atomic E-state index is -1.20. The van der Waals surface area contributed by atoms with Crippen molar-refractivity contribution in [2.24, 2.45) is 0 Å². The van der Waals surface area contributed by atoms with E-state index in [1.54, 1.807) is 18.2 Å². The molecule has 0 aliphatic heterocycles. The summed E-state index contributed by atoms with van der Waals surface area (Å²) in [5.41, 5.74) is 1.29. The molecule has 0 spiro atoms. The van der Waals surface area contributed by atoms with Gasteiger partial charge in [-0.05, 0) is 35.4 Å². The maximum atomic E-state index is 10.8. The molecule has 0 fully saturated rings. The van der Waals surface area contributed by atoms with E-state index in [0.717, 1.165) is 0 Å². The summed E-state index contributed by atoms with van der Waals surface area (Å²) in [5.74, 6) is -2.55. The van der Waals surface area contributed by atoms with E-state index in [1.165, 1.54) is 24.3 Å². The van der Waals surface area contributed by atoms with Gasteiger partial charge in [0.15, 0.2) is 0 Å². The van der Waals surface area contributed by atoms with Crippen molar-refractivity contribution >= 4 is 11.9 Å². The van der Waals surface area contributed by atoms with Gasteiger partial charge < -0.3 is 15.3 Å². The van der Waals surface area contributed by atoms with Gasteiger partial charge >= 0.3 is 11.9 Å². The lowest BCUT2D eigenvalue weighted by Gasteiger charge is -2.05. The van der Waals surface area contributed by atoms with E-state index in [1.807, 2.05) is 0 Å². The quantitative estimate of drug-likeness (QED) is 0.786. The number of hydrogen-bond donors (Lipinski definition) is 3. The Morgan fingerprint density at radius 2 is 1.37 bits per heavy atom. The number of hydrogen-bond acceptors (Lipinski definition) is 3. The highest BCUT2D eigenvalue weighted by Gasteiger charge is 2.10. The molecule has 0 unspecified atom stereocenters. The van der Waals surface area contributed by atoms with Crippen LogP contribution in [0, 0.1) is 0 Å². The fourth-order valence-electron chi connectivity index (χ4n) is 1.70. The molecule has 0 saturated heterocycles. The number of benzene rings is 2. The summed E-state index contributed by atoms with van der Waals surface area (Å²) >= 11 is 0. The van der Waals surface area contributed by atoms with E-state index in [9.17, 15) is 14.7 Å². The first-order valence-electron chi connectivity index (χ1n) is 5.39. The topological polar surface area (TPSA) is 94.8 Å². The molecule has 5 heteroatoms. The van der Waals surface area contributed by atoms with Crippen LogP contribution in [0.5, 0.6) is 5.75 Å². The summed E-state index contributed by atoms with van der Waals surface area (Å²) in [4.78, 5) is 21.5. The molecule has 19 heavy (non-hydrogen) atoms. The average molecular weight is 258 g/mol. The molecule has 5 nitrogen and oxygen atoms in total. The van der Waals surface area contributed by atoms with Crippen LogP contribution in [0.4, 0.5) is 0 Å². The summed E-state index contributed by atoms with van der Waals surface area (Å²) in [5, 5.41) is 27.2. The Kier molecular flexibility index (Phi) is 3.20. The van der Waals surface area contributed by atoms with Crippen LogP contribution in [0.3, 0.4) is 0 Å². The Labute approximate surface area is 108 Å². The lowest BCUT2D eigenvalue weighted by atomic mass is 10.0. The Bertz CT molecular complexity index is 643. The molecule has 0 heterocycles. The molecule has 0 aromatic heterocycles. The van der Waals surface area contributed by atoms with Crippen LogP contribution in [0.25, 0.3) is 11.1 Å². The van der Waals surface area contributed by atoms with E-state index >= 15 is 0 Å². The molecule has 2 aromatic carbocycles. The molecule has 0 aliphatic carbocycles. The smallest absolute Gasteiger partial charge is 0.339 e. The Morgan fingerprint density at radius 3 is 1.84 bits per heavy atom. The van der Waals surface area contributed by atoms with Gasteiger partial charge in [-0.2, -0.15) is 0 Å². The number of rotatable bonds is 3. The maximum Gasteiger partial charge on any atom is 0.339 e. The molecule has 3 N–H and O–H groups in total. The largest absolute Gasteiger partial charge is 0.507 e. The number of carboxylic acid groups (broad SMARTS) is 2. The highest BCUT2D eigenvalue weighted by molar-refractivity contribution is 5.92. The third kappa shape index (κ3) is 2.55. The summed E-state index contributed by atoms with van der Waals surface area (Å²) in [6.07, 6.45) is 0. The summed E-state index contributed by atoms with van der Waals surface area (Å²) in [6.45, 7) is 0. The first kappa shape index (κ1) is 12.6. The second kappa shape index (κ2) is 4.81. The third-order valence-corrected chi connectivity index (χ3v) is 2.69. The van der Waals surface area contributed by atoms with Gasteiger partial charge in [0.25, 0.3) is 0 Å². The van der Waals surface area contributed by atoms with Crippen molar-refractivity contribution in [2.45, 2.75) is 0 Å². The van der Waals surface area contributed by atoms with Crippen LogP contribution in [0.2, 0.25) is 0 Å². The van der Waals surface area contributed by atoms with Gasteiger partial charge in [-0.3, -0.25) is 0 Å². The van der Waals surface area contributed by atoms with Gasteiger partial charge in [-0.1, -0.05) is 18.2 Å². The fourth-order valence-corrected chi connectivity index (χ4v) is 1.70. The third-order valence-electron chi connectivity index (χ3n) is 2.69. The highest BCUT2D eigenvalue weighted by atomic mass is 16.4. The number of phenols is 1. The Balaban J connectivity index is 2.39. The highest BCUT2D eigenvalue weighted by Crippen LogP contribution is 2.26. The van der Waals surface area contributed by atoms with Crippen molar-refractivity contribution < 1.29 is 24.9 Å². The van der Waals surface area contributed by atoms with Gasteiger partial charge in [0, 0.05) is 0 Å². The number of carboxylic acids is 2. The summed E-state index contributed by atoms with van der Waals surface area (Å²) < 4.78 is 0. The Morgan fingerprint density at radius 1 is 0.789 bits per heavy atom. The minimum absolute atomic E-state index is 0.162. The zero-order valence-electron chi connectivity index (χ0n) is 9.70. The van der Waals surface area contributed by atoms with Crippen LogP contribution >= 0.6 is 0 Å². The molecular weight excluding hydrogens is 248 g/mol. The average Bonchev–Trinajstić information content (AvgIpc) is 2.38. The van der Waals surface area contributed by atoms with Crippen LogP contribution in [-0.2, 0) is 0 Å². The van der Waals surface area contributed by atoms with Crippen molar-refractivity contribution in [3.8, 4) is 16.9 Å². The predicted octanol–water partition coefficient (Wildman–Crippen LogP) is 2.46. The monoisotopic (exact) mass is 258 g/mol. The van der Waals surface area contributed by atoms with Crippen molar-refractivity contribution in [3.63, 3.8) is 0 Å². The summed E-state index contributed by atoms with van der Waals surface area (Å²) in [6, 6.07) is 10.3. The molecule has 0 radical (unpaired) electrons. The van der Waals surface area contributed by atoms with Gasteiger partial charge in [-0.25, -0.2) is 9.59 Å². The zero-order chi connectivity index (χ0) is 14.0. The lowest BCUT2D eigenvalue weighted by Crippen LogP contribution is -1.97. The molecule has 0 aliphatic rings. The van der Waals surface area contributed by atoms with Crippen molar-refractivity contribution in [1.82, 2.24) is 0 Å². The van der Waals surface area contributed by atoms with Gasteiger partial charge in [0.1, 0.15) is 11.3 Å². The maximum absolute atomic E-state index is 10.8. The molecule has 96 valence electrons. The molecule has 0 saturated carbocycles. The number of aromatic carboxylic acids is 2. The fraction of sp³-hybridized carbons (Fsp3) is 0. The Hall–Kier alpha value is -2.82. The first-order chi connectivity index (χ1) is 8.99. The van der Waals surface area contributed by atoms with Gasteiger partial charge in [-0.15, -0.1) is 0 Å². The van der Waals surface area contributed by atoms with Crippen LogP contribution in [0.15, 0.2) is 42.5 Å². The number of aromatic hydroxyl groups is 1. The predicted molar refractivity (Wildman–Crippen MR) is 67.5 cm³/mol. The molecular formula is C14H10O5. The molecule has 0 atom stereocenters. The molecule has 2 aromatic rings. The van der Waals surface area contributed by atoms with Gasteiger partial charge in [0.2, 0.25) is 0 Å². The van der Waals surface area contributed by atoms with Crippen LogP contribution < -0.4 is 0 Å². The normalized spacial score (nSPS) is 10.1. The van der Waals surface area contributed by atoms with E-state index in [2.05, 4.69) is 0 Å². The van der Waals surface area contributed by atoms with Gasteiger partial charge in [0.05, 0.1) is 5.56 Å². The lowest BCUT2D eigenvalue weighted by molar-refractivity contribution is 0.0684. The van der Waals surface area contributed by atoms with E-state index in [-0.39, 0.29) is 16.9 Å². The van der Waals surface area contributed by atoms with Crippen molar-refractivity contribution in [2.75, 3.05) is 0 Å². The molecule has 0 amide bonds. The standard InChI is InChI=1S/C14H10O5/c15-12-7-10(5-6-11(12)14(18)19)8-1-3-9(4-2-8)13(16)17/h1-7,15H,(H,16,17)(H,18,19). The first-order valence-corrected chi connectivity index (χ1v) is 5.39.